The standard InChI is InChI=1S/C21H13N5O4/c1-3-26-20(27)14(11(2)15(10-23)21(26)28)8-16-24-18-19(29-16)25-17(30-18)13-6-4-12(9-22)5-7-13/h4-8H,3H2,1-2H3/b14-8-. The molecule has 9 heteroatoms. The Morgan fingerprint density at radius 2 is 1.73 bits per heavy atom. The van der Waals surface area contributed by atoms with Crippen LogP contribution in [0, 0.1) is 22.7 Å². The molecule has 1 aliphatic heterocycles. The molecule has 3 heterocycles. The number of fused-ring (bicyclic) bond motifs is 1. The third kappa shape index (κ3) is 2.95. The van der Waals surface area contributed by atoms with Crippen LogP contribution in [0.15, 0.2) is 49.8 Å². The molecule has 0 atom stereocenters. The maximum atomic E-state index is 12.6. The van der Waals surface area contributed by atoms with Crippen LogP contribution >= 0.6 is 0 Å². The molecule has 0 fully saturated rings. The average Bonchev–Trinajstić information content (AvgIpc) is 3.31. The van der Waals surface area contributed by atoms with Gasteiger partial charge in [-0.25, -0.2) is 0 Å². The fraction of sp³-hybridized carbons (Fsp3) is 0.143. The Morgan fingerprint density at radius 3 is 2.33 bits per heavy atom. The van der Waals surface area contributed by atoms with E-state index in [4.69, 9.17) is 14.1 Å². The highest BCUT2D eigenvalue weighted by Crippen LogP contribution is 2.29. The predicted octanol–water partition coefficient (Wildman–Crippen LogP) is 2.97. The van der Waals surface area contributed by atoms with Gasteiger partial charge in [0.2, 0.25) is 11.8 Å². The molecule has 0 spiro atoms. The summed E-state index contributed by atoms with van der Waals surface area (Å²) in [4.78, 5) is 34.3. The van der Waals surface area contributed by atoms with E-state index in [1.807, 2.05) is 12.1 Å². The van der Waals surface area contributed by atoms with Gasteiger partial charge in [-0.05, 0) is 43.7 Å². The van der Waals surface area contributed by atoms with Gasteiger partial charge in [-0.3, -0.25) is 14.5 Å². The van der Waals surface area contributed by atoms with E-state index in [-0.39, 0.29) is 46.5 Å². The number of benzene rings is 1. The monoisotopic (exact) mass is 399 g/mol. The molecule has 1 aromatic carbocycles. The van der Waals surface area contributed by atoms with Gasteiger partial charge >= 0.3 is 0 Å². The van der Waals surface area contributed by atoms with Crippen molar-refractivity contribution in [1.29, 1.82) is 10.5 Å². The molecule has 0 N–H and O–H groups in total. The number of hydrogen-bond acceptors (Lipinski definition) is 8. The highest BCUT2D eigenvalue weighted by atomic mass is 16.4. The van der Waals surface area contributed by atoms with E-state index in [9.17, 15) is 14.9 Å². The summed E-state index contributed by atoms with van der Waals surface area (Å²) in [6.07, 6.45) is 1.36. The summed E-state index contributed by atoms with van der Waals surface area (Å²) in [6, 6.07) is 10.6. The zero-order chi connectivity index (χ0) is 21.4. The first-order valence-electron chi connectivity index (χ1n) is 8.94. The lowest BCUT2D eigenvalue weighted by atomic mass is 9.95. The van der Waals surface area contributed by atoms with Gasteiger partial charge in [-0.2, -0.15) is 20.5 Å². The van der Waals surface area contributed by atoms with E-state index < -0.39 is 11.8 Å². The van der Waals surface area contributed by atoms with Crippen LogP contribution in [-0.4, -0.2) is 33.2 Å². The smallest absolute Gasteiger partial charge is 0.288 e. The Bertz CT molecular complexity index is 1310. The van der Waals surface area contributed by atoms with Crippen LogP contribution in [-0.2, 0) is 9.59 Å². The van der Waals surface area contributed by atoms with Crippen LogP contribution in [0.5, 0.6) is 0 Å². The van der Waals surface area contributed by atoms with Crippen molar-refractivity contribution in [3.05, 3.63) is 52.4 Å². The number of nitrogens with zero attached hydrogens (tertiary/aromatic N) is 5. The van der Waals surface area contributed by atoms with Crippen molar-refractivity contribution in [2.45, 2.75) is 13.8 Å². The van der Waals surface area contributed by atoms with Gasteiger partial charge in [0.15, 0.2) is 0 Å². The number of carbonyl (C=O) groups excluding carboxylic acids is 2. The molecule has 0 aliphatic carbocycles. The van der Waals surface area contributed by atoms with Gasteiger partial charge in [0.1, 0.15) is 11.6 Å². The molecule has 0 radical (unpaired) electrons. The minimum absolute atomic E-state index is 0.0630. The van der Waals surface area contributed by atoms with Crippen LogP contribution < -0.4 is 0 Å². The predicted molar refractivity (Wildman–Crippen MR) is 103 cm³/mol. The number of hydrogen-bond donors (Lipinski definition) is 0. The third-order valence-electron chi connectivity index (χ3n) is 4.66. The Balaban J connectivity index is 1.72. The Morgan fingerprint density at radius 1 is 1.03 bits per heavy atom. The zero-order valence-corrected chi connectivity index (χ0v) is 16.0. The van der Waals surface area contributed by atoms with Crippen molar-refractivity contribution in [3.8, 4) is 23.6 Å². The van der Waals surface area contributed by atoms with Crippen molar-refractivity contribution in [1.82, 2.24) is 14.9 Å². The Hall–Kier alpha value is -4.50. The quantitative estimate of drug-likeness (QED) is 0.484. The highest BCUT2D eigenvalue weighted by molar-refractivity contribution is 6.19. The maximum Gasteiger partial charge on any atom is 0.288 e. The highest BCUT2D eigenvalue weighted by Gasteiger charge is 2.34. The first kappa shape index (κ1) is 18.8. The van der Waals surface area contributed by atoms with Crippen LogP contribution in [0.4, 0.5) is 0 Å². The molecule has 0 saturated heterocycles. The second kappa shape index (κ2) is 7.15. The summed E-state index contributed by atoms with van der Waals surface area (Å²) in [5.41, 5.74) is 1.74. The topological polar surface area (TPSA) is 137 Å². The van der Waals surface area contributed by atoms with Crippen LogP contribution in [0.1, 0.15) is 25.3 Å². The number of amides is 2. The zero-order valence-electron chi connectivity index (χ0n) is 16.0. The molecular formula is C21H13N5O4. The maximum absolute atomic E-state index is 12.6. The van der Waals surface area contributed by atoms with E-state index >= 15 is 0 Å². The van der Waals surface area contributed by atoms with Crippen molar-refractivity contribution in [3.63, 3.8) is 0 Å². The molecule has 0 saturated carbocycles. The SMILES string of the molecule is CCN1C(=O)C(C#N)=C(C)/C(=C/c2nc3oc(-c4ccc(C#N)cc4)nc3o2)C1=O. The van der Waals surface area contributed by atoms with E-state index in [2.05, 4.69) is 9.97 Å². The largest absolute Gasteiger partial charge is 0.415 e. The number of oxazole rings is 2. The first-order valence-corrected chi connectivity index (χ1v) is 8.94. The van der Waals surface area contributed by atoms with E-state index in [0.29, 0.717) is 11.1 Å². The van der Waals surface area contributed by atoms with E-state index in [1.165, 1.54) is 13.0 Å². The summed E-state index contributed by atoms with van der Waals surface area (Å²) in [5.74, 6) is -0.804. The second-order valence-corrected chi connectivity index (χ2v) is 6.39. The molecule has 4 rings (SSSR count). The number of imide groups is 1. The molecule has 146 valence electrons. The fourth-order valence-electron chi connectivity index (χ4n) is 3.07. The van der Waals surface area contributed by atoms with E-state index in [1.54, 1.807) is 31.2 Å². The lowest BCUT2D eigenvalue weighted by Crippen LogP contribution is -2.42. The molecular weight excluding hydrogens is 386 g/mol. The molecule has 30 heavy (non-hydrogen) atoms. The van der Waals surface area contributed by atoms with Gasteiger partial charge in [0.25, 0.3) is 23.2 Å². The fourth-order valence-corrected chi connectivity index (χ4v) is 3.07. The van der Waals surface area contributed by atoms with Crippen LogP contribution in [0.2, 0.25) is 0 Å². The number of carbonyl (C=O) groups is 2. The first-order chi connectivity index (χ1) is 14.5. The third-order valence-corrected chi connectivity index (χ3v) is 4.66. The van der Waals surface area contributed by atoms with Crippen LogP contribution in [0.3, 0.4) is 0 Å². The van der Waals surface area contributed by atoms with Crippen molar-refractivity contribution >= 4 is 29.3 Å². The van der Waals surface area contributed by atoms with Gasteiger partial charge in [-0.15, -0.1) is 0 Å². The minimum Gasteiger partial charge on any atom is -0.415 e. The van der Waals surface area contributed by atoms with Crippen molar-refractivity contribution in [2.24, 2.45) is 0 Å². The average molecular weight is 399 g/mol. The summed E-state index contributed by atoms with van der Waals surface area (Å²) in [5, 5.41) is 18.2. The number of likely N-dealkylation sites (N-methyl/N-ethyl adjacent to an activating group) is 1. The lowest BCUT2D eigenvalue weighted by Gasteiger charge is -2.25. The molecule has 0 bridgehead atoms. The Labute approximate surface area is 170 Å². The normalized spacial score (nSPS) is 15.7. The number of rotatable bonds is 3. The Kier molecular flexibility index (Phi) is 4.49. The van der Waals surface area contributed by atoms with Gasteiger partial charge in [-0.1, -0.05) is 0 Å². The van der Waals surface area contributed by atoms with Crippen molar-refractivity contribution in [2.75, 3.05) is 6.54 Å². The number of aromatic nitrogens is 2. The summed E-state index contributed by atoms with van der Waals surface area (Å²) in [6.45, 7) is 3.31. The molecule has 9 nitrogen and oxygen atoms in total. The summed E-state index contributed by atoms with van der Waals surface area (Å²) >= 11 is 0. The summed E-state index contributed by atoms with van der Waals surface area (Å²) < 4.78 is 11.2. The summed E-state index contributed by atoms with van der Waals surface area (Å²) in [7, 11) is 0. The van der Waals surface area contributed by atoms with E-state index in [0.717, 1.165) is 4.90 Å². The van der Waals surface area contributed by atoms with Gasteiger partial charge in [0.05, 0.1) is 11.6 Å². The second-order valence-electron chi connectivity index (χ2n) is 6.39. The van der Waals surface area contributed by atoms with Crippen LogP contribution in [0.25, 0.3) is 29.0 Å². The minimum atomic E-state index is -0.616. The lowest BCUT2D eigenvalue weighted by molar-refractivity contribution is -0.140. The molecule has 2 amide bonds. The molecule has 2 aromatic heterocycles. The number of nitriles is 2. The molecule has 0 unspecified atom stereocenters. The van der Waals surface area contributed by atoms with Crippen molar-refractivity contribution < 1.29 is 18.4 Å². The molecule has 1 aliphatic rings. The molecule has 3 aromatic rings. The van der Waals surface area contributed by atoms with Gasteiger partial charge in [0, 0.05) is 23.8 Å². The van der Waals surface area contributed by atoms with Gasteiger partial charge < -0.3 is 8.83 Å².